The largest absolute Gasteiger partial charge is 1.00 e. The van der Waals surface area contributed by atoms with Crippen molar-refractivity contribution in [3.05, 3.63) is 107 Å². The quantitative estimate of drug-likeness (QED) is 0.439. The van der Waals surface area contributed by atoms with Crippen molar-refractivity contribution in [1.82, 2.24) is 4.90 Å². The van der Waals surface area contributed by atoms with Crippen LogP contribution in [0.2, 0.25) is 0 Å². The van der Waals surface area contributed by atoms with Gasteiger partial charge in [0, 0.05) is 13.1 Å². The Balaban J connectivity index is 0.00000324. The van der Waals surface area contributed by atoms with Gasteiger partial charge in [-0.05, 0) is 48.2 Å². The smallest absolute Gasteiger partial charge is 0.318 e. The number of esters is 1. The van der Waals surface area contributed by atoms with E-state index in [9.17, 15) is 9.18 Å². The molecule has 0 aliphatic carbocycles. The summed E-state index contributed by atoms with van der Waals surface area (Å²) in [5.74, 6) is -1.12. The van der Waals surface area contributed by atoms with Crippen LogP contribution in [-0.4, -0.2) is 43.7 Å². The Hall–Kier alpha value is -2.73. The van der Waals surface area contributed by atoms with Gasteiger partial charge in [-0.3, -0.25) is 9.69 Å². The molecule has 0 spiro atoms. The van der Waals surface area contributed by atoms with E-state index in [0.29, 0.717) is 6.42 Å². The number of benzene rings is 3. The number of carbonyl (C=O) groups excluding carboxylic acids is 1. The third-order valence-corrected chi connectivity index (χ3v) is 6.05. The van der Waals surface area contributed by atoms with Gasteiger partial charge in [0.05, 0.1) is 13.2 Å². The predicted molar refractivity (Wildman–Crippen MR) is 126 cm³/mol. The maximum absolute atomic E-state index is 13.6. The highest BCUT2D eigenvalue weighted by Crippen LogP contribution is 2.31. The van der Waals surface area contributed by atoms with Crippen LogP contribution in [-0.2, 0) is 14.3 Å². The summed E-state index contributed by atoms with van der Waals surface area (Å²) in [5, 5.41) is 0. The Labute approximate surface area is 207 Å². The molecule has 0 N–H and O–H groups in total. The zero-order valence-corrected chi connectivity index (χ0v) is 19.9. The van der Waals surface area contributed by atoms with Crippen molar-refractivity contribution in [2.75, 3.05) is 32.8 Å². The van der Waals surface area contributed by atoms with Crippen LogP contribution < -0.4 is 12.4 Å². The summed E-state index contributed by atoms with van der Waals surface area (Å²) in [7, 11) is 0. The molecule has 6 heteroatoms. The SMILES string of the molecule is O=C(OC(CCCN1CCOCC1)c1ccc(F)cc1)C(c1ccccc1)c1ccccc1.[Cl-]. The van der Waals surface area contributed by atoms with Crippen LogP contribution in [0.15, 0.2) is 84.9 Å². The number of ether oxygens (including phenoxy) is 2. The van der Waals surface area contributed by atoms with Crippen molar-refractivity contribution in [3.8, 4) is 0 Å². The summed E-state index contributed by atoms with van der Waals surface area (Å²) < 4.78 is 25.1. The molecule has 180 valence electrons. The Morgan fingerprint density at radius 3 is 1.97 bits per heavy atom. The standard InChI is InChI=1S/C28H30FNO3.ClH/c29-25-15-13-22(14-16-25)26(12-7-17-30-18-20-32-21-19-30)33-28(31)27(23-8-3-1-4-9-23)24-10-5-2-6-11-24;/h1-6,8-11,13-16,26-27H,7,12,17-21H2;1H/p-1. The molecule has 3 aromatic rings. The van der Waals surface area contributed by atoms with E-state index in [-0.39, 0.29) is 24.2 Å². The average Bonchev–Trinajstić information content (AvgIpc) is 2.86. The summed E-state index contributed by atoms with van der Waals surface area (Å²) in [4.78, 5) is 15.9. The number of rotatable bonds is 9. The maximum atomic E-state index is 13.6. The van der Waals surface area contributed by atoms with Crippen LogP contribution in [0.1, 0.15) is 41.6 Å². The van der Waals surface area contributed by atoms with E-state index in [1.165, 1.54) is 12.1 Å². The van der Waals surface area contributed by atoms with Crippen LogP contribution in [0.25, 0.3) is 0 Å². The molecule has 1 aliphatic rings. The number of hydrogen-bond donors (Lipinski definition) is 0. The molecule has 1 aliphatic heterocycles. The fourth-order valence-corrected chi connectivity index (χ4v) is 4.26. The molecule has 0 saturated carbocycles. The van der Waals surface area contributed by atoms with E-state index in [0.717, 1.165) is 56.0 Å². The molecule has 0 aromatic heterocycles. The second-order valence-electron chi connectivity index (χ2n) is 8.33. The van der Waals surface area contributed by atoms with Crippen LogP contribution in [0, 0.1) is 5.82 Å². The first-order valence-electron chi connectivity index (χ1n) is 11.6. The number of nitrogens with zero attached hydrogens (tertiary/aromatic N) is 1. The lowest BCUT2D eigenvalue weighted by Gasteiger charge is -2.28. The molecule has 0 radical (unpaired) electrons. The molecule has 3 aromatic carbocycles. The van der Waals surface area contributed by atoms with Crippen molar-refractivity contribution in [2.45, 2.75) is 24.9 Å². The van der Waals surface area contributed by atoms with Gasteiger partial charge in [0.15, 0.2) is 0 Å². The van der Waals surface area contributed by atoms with Crippen LogP contribution in [0.5, 0.6) is 0 Å². The molecular formula is C28H30ClFNO3-. The molecule has 0 bridgehead atoms. The lowest BCUT2D eigenvalue weighted by Crippen LogP contribution is -3.00. The summed E-state index contributed by atoms with van der Waals surface area (Å²) >= 11 is 0. The second-order valence-corrected chi connectivity index (χ2v) is 8.33. The molecule has 1 unspecified atom stereocenters. The fraction of sp³-hybridized carbons (Fsp3) is 0.321. The Morgan fingerprint density at radius 1 is 0.853 bits per heavy atom. The maximum Gasteiger partial charge on any atom is 0.318 e. The molecule has 1 atom stereocenters. The number of halogens is 2. The minimum absolute atomic E-state index is 0. The summed E-state index contributed by atoms with van der Waals surface area (Å²) in [6, 6.07) is 25.6. The van der Waals surface area contributed by atoms with Crippen molar-refractivity contribution >= 4 is 5.97 Å². The molecule has 4 nitrogen and oxygen atoms in total. The summed E-state index contributed by atoms with van der Waals surface area (Å²) in [5.41, 5.74) is 2.59. The van der Waals surface area contributed by atoms with Gasteiger partial charge in [0.25, 0.3) is 0 Å². The van der Waals surface area contributed by atoms with E-state index in [4.69, 9.17) is 9.47 Å². The van der Waals surface area contributed by atoms with Crippen molar-refractivity contribution in [1.29, 1.82) is 0 Å². The van der Waals surface area contributed by atoms with Gasteiger partial charge in [0.1, 0.15) is 17.8 Å². The Morgan fingerprint density at radius 2 is 1.41 bits per heavy atom. The first-order chi connectivity index (χ1) is 16.2. The zero-order chi connectivity index (χ0) is 22.9. The van der Waals surface area contributed by atoms with Crippen molar-refractivity contribution < 1.29 is 31.1 Å². The van der Waals surface area contributed by atoms with E-state index >= 15 is 0 Å². The molecule has 1 heterocycles. The molecule has 34 heavy (non-hydrogen) atoms. The van der Waals surface area contributed by atoms with Crippen LogP contribution in [0.4, 0.5) is 4.39 Å². The molecular weight excluding hydrogens is 453 g/mol. The minimum atomic E-state index is -0.519. The Kier molecular flexibility index (Phi) is 10.1. The van der Waals surface area contributed by atoms with Crippen LogP contribution >= 0.6 is 0 Å². The van der Waals surface area contributed by atoms with Gasteiger partial charge in [-0.1, -0.05) is 72.8 Å². The zero-order valence-electron chi connectivity index (χ0n) is 19.1. The third-order valence-electron chi connectivity index (χ3n) is 6.05. The van der Waals surface area contributed by atoms with Crippen LogP contribution in [0.3, 0.4) is 0 Å². The molecule has 4 rings (SSSR count). The van der Waals surface area contributed by atoms with Gasteiger partial charge in [-0.2, -0.15) is 0 Å². The highest BCUT2D eigenvalue weighted by atomic mass is 35.5. The number of carbonyl (C=O) groups is 1. The first-order valence-corrected chi connectivity index (χ1v) is 11.6. The van der Waals surface area contributed by atoms with E-state index in [2.05, 4.69) is 4.90 Å². The minimum Gasteiger partial charge on any atom is -1.00 e. The van der Waals surface area contributed by atoms with Gasteiger partial charge in [-0.25, -0.2) is 4.39 Å². The Bertz CT molecular complexity index is 956. The molecule has 1 saturated heterocycles. The fourth-order valence-electron chi connectivity index (χ4n) is 4.26. The monoisotopic (exact) mass is 482 g/mol. The molecule has 1 fully saturated rings. The summed E-state index contributed by atoms with van der Waals surface area (Å²) in [6.07, 6.45) is 1.11. The first kappa shape index (κ1) is 25.9. The highest BCUT2D eigenvalue weighted by molar-refractivity contribution is 5.82. The summed E-state index contributed by atoms with van der Waals surface area (Å²) in [6.45, 7) is 4.27. The van der Waals surface area contributed by atoms with Crippen molar-refractivity contribution in [3.63, 3.8) is 0 Å². The third kappa shape index (κ3) is 7.13. The lowest BCUT2D eigenvalue weighted by molar-refractivity contribution is -0.150. The van der Waals surface area contributed by atoms with Gasteiger partial charge in [0.2, 0.25) is 0 Å². The predicted octanol–water partition coefficient (Wildman–Crippen LogP) is 2.36. The number of morpholine rings is 1. The highest BCUT2D eigenvalue weighted by Gasteiger charge is 2.27. The van der Waals surface area contributed by atoms with Gasteiger partial charge < -0.3 is 21.9 Å². The van der Waals surface area contributed by atoms with Crippen molar-refractivity contribution in [2.24, 2.45) is 0 Å². The van der Waals surface area contributed by atoms with E-state index < -0.39 is 12.0 Å². The van der Waals surface area contributed by atoms with E-state index in [1.807, 2.05) is 60.7 Å². The second kappa shape index (κ2) is 13.2. The number of hydrogen-bond acceptors (Lipinski definition) is 4. The topological polar surface area (TPSA) is 38.8 Å². The normalized spacial score (nSPS) is 14.9. The molecule has 0 amide bonds. The van der Waals surface area contributed by atoms with Gasteiger partial charge >= 0.3 is 5.97 Å². The average molecular weight is 483 g/mol. The van der Waals surface area contributed by atoms with E-state index in [1.54, 1.807) is 12.1 Å². The van der Waals surface area contributed by atoms with Gasteiger partial charge in [-0.15, -0.1) is 0 Å². The lowest BCUT2D eigenvalue weighted by atomic mass is 9.91.